The molecule has 0 heterocycles. The number of rotatable bonds is 7. The SMILES string of the molecule is CCOC(=O)COC(=O)CCSc1ccc(C)cc1. The summed E-state index contributed by atoms with van der Waals surface area (Å²) >= 11 is 1.58. The quantitative estimate of drug-likeness (QED) is 0.568. The molecule has 0 spiro atoms. The van der Waals surface area contributed by atoms with Crippen LogP contribution in [0.15, 0.2) is 29.2 Å². The van der Waals surface area contributed by atoms with Gasteiger partial charge in [-0.25, -0.2) is 4.79 Å². The minimum Gasteiger partial charge on any atom is -0.463 e. The third-order valence-corrected chi connectivity index (χ3v) is 3.27. The van der Waals surface area contributed by atoms with Crippen molar-refractivity contribution in [2.75, 3.05) is 19.0 Å². The highest BCUT2D eigenvalue weighted by Gasteiger charge is 2.08. The van der Waals surface area contributed by atoms with E-state index in [0.717, 1.165) is 4.90 Å². The lowest BCUT2D eigenvalue weighted by Gasteiger charge is -2.04. The van der Waals surface area contributed by atoms with Gasteiger partial charge in [0, 0.05) is 10.6 Å². The number of carbonyl (C=O) groups excluding carboxylic acids is 2. The van der Waals surface area contributed by atoms with Crippen molar-refractivity contribution in [3.63, 3.8) is 0 Å². The first kappa shape index (κ1) is 15.6. The van der Waals surface area contributed by atoms with Gasteiger partial charge in [-0.2, -0.15) is 0 Å². The van der Waals surface area contributed by atoms with Crippen LogP contribution in [0.25, 0.3) is 0 Å². The molecule has 0 aromatic heterocycles. The Kier molecular flexibility index (Phi) is 7.03. The van der Waals surface area contributed by atoms with E-state index in [0.29, 0.717) is 12.4 Å². The van der Waals surface area contributed by atoms with Gasteiger partial charge in [0.05, 0.1) is 13.0 Å². The van der Waals surface area contributed by atoms with Crippen molar-refractivity contribution in [2.45, 2.75) is 25.2 Å². The number of hydrogen-bond donors (Lipinski definition) is 0. The fraction of sp³-hybridized carbons (Fsp3) is 0.429. The Morgan fingerprint density at radius 2 is 1.79 bits per heavy atom. The zero-order valence-corrected chi connectivity index (χ0v) is 12.0. The number of hydrogen-bond acceptors (Lipinski definition) is 5. The molecule has 0 unspecified atom stereocenters. The van der Waals surface area contributed by atoms with E-state index >= 15 is 0 Å². The zero-order chi connectivity index (χ0) is 14.1. The summed E-state index contributed by atoms with van der Waals surface area (Å²) in [5.41, 5.74) is 1.21. The maximum Gasteiger partial charge on any atom is 0.344 e. The van der Waals surface area contributed by atoms with Gasteiger partial charge in [-0.3, -0.25) is 4.79 Å². The number of aryl methyl sites for hydroxylation is 1. The van der Waals surface area contributed by atoms with Gasteiger partial charge in [0.15, 0.2) is 6.61 Å². The zero-order valence-electron chi connectivity index (χ0n) is 11.2. The molecule has 4 nitrogen and oxygen atoms in total. The first-order valence-corrected chi connectivity index (χ1v) is 7.11. The highest BCUT2D eigenvalue weighted by molar-refractivity contribution is 7.99. The molecule has 0 bridgehead atoms. The van der Waals surface area contributed by atoms with E-state index in [1.165, 1.54) is 5.56 Å². The van der Waals surface area contributed by atoms with E-state index in [9.17, 15) is 9.59 Å². The standard InChI is InChI=1S/C14H18O4S/c1-3-17-14(16)10-18-13(15)8-9-19-12-6-4-11(2)5-7-12/h4-7H,3,8-10H2,1-2H3. The summed E-state index contributed by atoms with van der Waals surface area (Å²) in [7, 11) is 0. The van der Waals surface area contributed by atoms with Gasteiger partial charge in [0.1, 0.15) is 0 Å². The van der Waals surface area contributed by atoms with Crippen molar-refractivity contribution in [3.05, 3.63) is 29.8 Å². The van der Waals surface area contributed by atoms with Crippen molar-refractivity contribution < 1.29 is 19.1 Å². The molecule has 19 heavy (non-hydrogen) atoms. The lowest BCUT2D eigenvalue weighted by Crippen LogP contribution is -2.16. The molecule has 0 saturated carbocycles. The Morgan fingerprint density at radius 3 is 2.42 bits per heavy atom. The molecule has 5 heteroatoms. The molecule has 0 aliphatic rings. The molecule has 104 valence electrons. The summed E-state index contributed by atoms with van der Waals surface area (Å²) in [6.07, 6.45) is 0.276. The molecule has 0 fully saturated rings. The van der Waals surface area contributed by atoms with Crippen LogP contribution in [0, 0.1) is 6.92 Å². The van der Waals surface area contributed by atoms with E-state index in [2.05, 4.69) is 4.74 Å². The largest absolute Gasteiger partial charge is 0.463 e. The molecule has 0 amide bonds. The first-order valence-electron chi connectivity index (χ1n) is 6.12. The summed E-state index contributed by atoms with van der Waals surface area (Å²) in [6.45, 7) is 3.72. The fourth-order valence-corrected chi connectivity index (χ4v) is 2.13. The molecular formula is C14H18O4S. The van der Waals surface area contributed by atoms with Crippen LogP contribution in [0.1, 0.15) is 18.9 Å². The van der Waals surface area contributed by atoms with Crippen LogP contribution >= 0.6 is 11.8 Å². The van der Waals surface area contributed by atoms with Crippen molar-refractivity contribution in [1.82, 2.24) is 0 Å². The van der Waals surface area contributed by atoms with Gasteiger partial charge < -0.3 is 9.47 Å². The second-order valence-corrected chi connectivity index (χ2v) is 5.05. The van der Waals surface area contributed by atoms with Crippen LogP contribution in [-0.2, 0) is 19.1 Å². The lowest BCUT2D eigenvalue weighted by atomic mass is 10.2. The second kappa shape index (κ2) is 8.58. The topological polar surface area (TPSA) is 52.6 Å². The Bertz CT molecular complexity index is 414. The van der Waals surface area contributed by atoms with Crippen molar-refractivity contribution in [1.29, 1.82) is 0 Å². The van der Waals surface area contributed by atoms with Crippen molar-refractivity contribution >= 4 is 23.7 Å². The lowest BCUT2D eigenvalue weighted by molar-refractivity contribution is -0.158. The predicted octanol–water partition coefficient (Wildman–Crippen LogP) is 2.58. The number of ether oxygens (including phenoxy) is 2. The third kappa shape index (κ3) is 6.86. The van der Waals surface area contributed by atoms with E-state index in [4.69, 9.17) is 4.74 Å². The summed E-state index contributed by atoms with van der Waals surface area (Å²) in [5, 5.41) is 0. The maximum atomic E-state index is 11.4. The highest BCUT2D eigenvalue weighted by Crippen LogP contribution is 2.19. The Labute approximate surface area is 117 Å². The van der Waals surface area contributed by atoms with Crippen LogP contribution < -0.4 is 0 Å². The second-order valence-electron chi connectivity index (χ2n) is 3.88. The predicted molar refractivity (Wildman–Crippen MR) is 74.1 cm³/mol. The van der Waals surface area contributed by atoms with E-state index in [1.807, 2.05) is 31.2 Å². The molecule has 0 aliphatic heterocycles. The van der Waals surface area contributed by atoms with E-state index < -0.39 is 5.97 Å². The maximum absolute atomic E-state index is 11.4. The number of esters is 2. The molecular weight excluding hydrogens is 264 g/mol. The minimum absolute atomic E-state index is 0.276. The smallest absolute Gasteiger partial charge is 0.344 e. The van der Waals surface area contributed by atoms with Gasteiger partial charge in [-0.1, -0.05) is 17.7 Å². The van der Waals surface area contributed by atoms with Crippen LogP contribution in [0.2, 0.25) is 0 Å². The van der Waals surface area contributed by atoms with Crippen molar-refractivity contribution in [3.8, 4) is 0 Å². The molecule has 1 aromatic rings. The summed E-state index contributed by atoms with van der Waals surface area (Å²) in [6, 6.07) is 8.09. The fourth-order valence-electron chi connectivity index (χ4n) is 1.30. The molecule has 0 atom stereocenters. The van der Waals surface area contributed by atoms with Gasteiger partial charge >= 0.3 is 11.9 Å². The van der Waals surface area contributed by atoms with Gasteiger partial charge in [-0.05, 0) is 26.0 Å². The van der Waals surface area contributed by atoms with Crippen LogP contribution in [0.4, 0.5) is 0 Å². The molecule has 0 N–H and O–H groups in total. The van der Waals surface area contributed by atoms with E-state index in [1.54, 1.807) is 18.7 Å². The third-order valence-electron chi connectivity index (χ3n) is 2.25. The average molecular weight is 282 g/mol. The molecule has 0 saturated heterocycles. The summed E-state index contributed by atoms with van der Waals surface area (Å²) < 4.78 is 9.44. The molecule has 1 aromatic carbocycles. The summed E-state index contributed by atoms with van der Waals surface area (Å²) in [5.74, 6) is -0.264. The number of benzene rings is 1. The van der Waals surface area contributed by atoms with Crippen LogP contribution in [-0.4, -0.2) is 30.9 Å². The first-order chi connectivity index (χ1) is 9.11. The molecule has 0 aliphatic carbocycles. The Hall–Kier alpha value is -1.49. The van der Waals surface area contributed by atoms with Gasteiger partial charge in [0.25, 0.3) is 0 Å². The summed E-state index contributed by atoms with van der Waals surface area (Å²) in [4.78, 5) is 23.4. The monoisotopic (exact) mass is 282 g/mol. The number of carbonyl (C=O) groups is 2. The van der Waals surface area contributed by atoms with Crippen molar-refractivity contribution in [2.24, 2.45) is 0 Å². The molecule has 0 radical (unpaired) electrons. The van der Waals surface area contributed by atoms with Crippen LogP contribution in [0.5, 0.6) is 0 Å². The Balaban J connectivity index is 2.16. The highest BCUT2D eigenvalue weighted by atomic mass is 32.2. The van der Waals surface area contributed by atoms with E-state index in [-0.39, 0.29) is 19.0 Å². The minimum atomic E-state index is -0.512. The van der Waals surface area contributed by atoms with Gasteiger partial charge in [0.2, 0.25) is 0 Å². The number of thioether (sulfide) groups is 1. The van der Waals surface area contributed by atoms with Gasteiger partial charge in [-0.15, -0.1) is 11.8 Å². The Morgan fingerprint density at radius 1 is 1.11 bits per heavy atom. The molecule has 1 rings (SSSR count). The normalized spacial score (nSPS) is 10.0. The average Bonchev–Trinajstić information content (AvgIpc) is 2.39. The van der Waals surface area contributed by atoms with Crippen LogP contribution in [0.3, 0.4) is 0 Å².